The van der Waals surface area contributed by atoms with Gasteiger partial charge in [-0.05, 0) is 12.1 Å². The van der Waals surface area contributed by atoms with E-state index in [0.717, 1.165) is 12.1 Å². The number of nitro benzene ring substituents is 3. The standard InChI is InChI=1S/C21H12ClN3O9/c22-18-16(10-15(24(30)31)11-17(18)25(32)33)21(27)34-20(19(26)12-4-2-1-3-5-12)13-6-8-14(9-7-13)23(28)29/h1-11,20H/t20-/m1/s1. The third-order valence-corrected chi connectivity index (χ3v) is 4.99. The molecule has 172 valence electrons. The van der Waals surface area contributed by atoms with Crippen molar-refractivity contribution in [1.82, 2.24) is 0 Å². The van der Waals surface area contributed by atoms with E-state index in [-0.39, 0.29) is 16.8 Å². The second kappa shape index (κ2) is 9.83. The van der Waals surface area contributed by atoms with Crippen LogP contribution in [0.25, 0.3) is 0 Å². The van der Waals surface area contributed by atoms with Crippen LogP contribution in [0, 0.1) is 30.3 Å². The Morgan fingerprint density at radius 3 is 1.91 bits per heavy atom. The monoisotopic (exact) mass is 485 g/mol. The van der Waals surface area contributed by atoms with Crippen molar-refractivity contribution in [1.29, 1.82) is 0 Å². The molecule has 0 aliphatic heterocycles. The van der Waals surface area contributed by atoms with Crippen LogP contribution in [0.5, 0.6) is 0 Å². The van der Waals surface area contributed by atoms with Crippen molar-refractivity contribution < 1.29 is 29.1 Å². The summed E-state index contributed by atoms with van der Waals surface area (Å²) in [5, 5.41) is 32.6. The minimum absolute atomic E-state index is 0.0591. The maximum absolute atomic E-state index is 13.1. The summed E-state index contributed by atoms with van der Waals surface area (Å²) in [5.41, 5.74) is -2.47. The zero-order valence-electron chi connectivity index (χ0n) is 16.8. The highest BCUT2D eigenvalue weighted by atomic mass is 35.5. The number of benzene rings is 3. The minimum atomic E-state index is -1.63. The number of nitro groups is 3. The lowest BCUT2D eigenvalue weighted by Crippen LogP contribution is -2.21. The summed E-state index contributed by atoms with van der Waals surface area (Å²) in [6, 6.07) is 13.5. The zero-order valence-corrected chi connectivity index (χ0v) is 17.6. The molecule has 0 bridgehead atoms. The van der Waals surface area contributed by atoms with Gasteiger partial charge in [-0.1, -0.05) is 41.9 Å². The van der Waals surface area contributed by atoms with Gasteiger partial charge >= 0.3 is 5.97 Å². The van der Waals surface area contributed by atoms with E-state index in [0.29, 0.717) is 12.1 Å². The first kappa shape index (κ1) is 23.9. The van der Waals surface area contributed by atoms with E-state index in [9.17, 15) is 39.9 Å². The molecule has 0 spiro atoms. The second-order valence-electron chi connectivity index (χ2n) is 6.70. The molecule has 3 aromatic carbocycles. The lowest BCUT2D eigenvalue weighted by Gasteiger charge is -2.18. The van der Waals surface area contributed by atoms with Crippen molar-refractivity contribution in [2.45, 2.75) is 6.10 Å². The molecule has 0 amide bonds. The van der Waals surface area contributed by atoms with E-state index in [2.05, 4.69) is 0 Å². The van der Waals surface area contributed by atoms with Gasteiger partial charge in [-0.2, -0.15) is 0 Å². The Morgan fingerprint density at radius 1 is 0.794 bits per heavy atom. The van der Waals surface area contributed by atoms with Gasteiger partial charge in [0.25, 0.3) is 17.1 Å². The van der Waals surface area contributed by atoms with Gasteiger partial charge in [0.05, 0.1) is 26.4 Å². The summed E-state index contributed by atoms with van der Waals surface area (Å²) >= 11 is 5.93. The molecule has 0 aliphatic rings. The molecule has 0 saturated carbocycles. The van der Waals surface area contributed by atoms with Gasteiger partial charge in [-0.15, -0.1) is 0 Å². The number of rotatable bonds is 8. The fourth-order valence-electron chi connectivity index (χ4n) is 2.95. The van der Waals surface area contributed by atoms with Crippen LogP contribution in [-0.2, 0) is 4.74 Å². The van der Waals surface area contributed by atoms with E-state index in [1.165, 1.54) is 24.3 Å². The van der Waals surface area contributed by atoms with Crippen LogP contribution in [-0.4, -0.2) is 26.5 Å². The molecule has 1 atom stereocenters. The molecule has 34 heavy (non-hydrogen) atoms. The van der Waals surface area contributed by atoms with Crippen LogP contribution in [0.4, 0.5) is 17.1 Å². The number of ether oxygens (including phenoxy) is 1. The van der Waals surface area contributed by atoms with Gasteiger partial charge in [0.2, 0.25) is 5.78 Å². The molecule has 12 nitrogen and oxygen atoms in total. The van der Waals surface area contributed by atoms with Crippen LogP contribution < -0.4 is 0 Å². The Balaban J connectivity index is 2.07. The number of carbonyl (C=O) groups is 2. The van der Waals surface area contributed by atoms with Gasteiger partial charge in [-0.3, -0.25) is 35.1 Å². The minimum Gasteiger partial charge on any atom is -0.445 e. The molecule has 0 aromatic heterocycles. The summed E-state index contributed by atoms with van der Waals surface area (Å²) < 4.78 is 5.30. The molecule has 0 radical (unpaired) electrons. The molecule has 0 heterocycles. The Hall–Kier alpha value is -4.71. The number of halogens is 1. The molecule has 0 N–H and O–H groups in total. The second-order valence-corrected chi connectivity index (χ2v) is 7.08. The van der Waals surface area contributed by atoms with Crippen LogP contribution >= 0.6 is 11.6 Å². The third-order valence-electron chi connectivity index (χ3n) is 4.59. The van der Waals surface area contributed by atoms with Crippen molar-refractivity contribution in [2.24, 2.45) is 0 Å². The van der Waals surface area contributed by atoms with Gasteiger partial charge in [0.15, 0.2) is 6.10 Å². The Bertz CT molecular complexity index is 1310. The zero-order chi connectivity index (χ0) is 25.0. The number of nitrogens with zero attached hydrogens (tertiary/aromatic N) is 3. The summed E-state index contributed by atoms with van der Waals surface area (Å²) in [5.74, 6) is -2.05. The SMILES string of the molecule is O=C(O[C@@H](C(=O)c1ccccc1)c1ccc([N+](=O)[O-])cc1)c1cc([N+](=O)[O-])cc([N+](=O)[O-])c1Cl. The van der Waals surface area contributed by atoms with Gasteiger partial charge in [-0.25, -0.2) is 4.79 Å². The highest BCUT2D eigenvalue weighted by molar-refractivity contribution is 6.35. The molecule has 13 heteroatoms. The quantitative estimate of drug-likeness (QED) is 0.187. The molecule has 3 aromatic rings. The van der Waals surface area contributed by atoms with Crippen LogP contribution in [0.2, 0.25) is 5.02 Å². The molecule has 0 aliphatic carbocycles. The van der Waals surface area contributed by atoms with E-state index < -0.39 is 54.6 Å². The lowest BCUT2D eigenvalue weighted by atomic mass is 9.99. The average molecular weight is 486 g/mol. The number of carbonyl (C=O) groups excluding carboxylic acids is 2. The van der Waals surface area contributed by atoms with Crippen LogP contribution in [0.15, 0.2) is 66.7 Å². The van der Waals surface area contributed by atoms with Crippen molar-refractivity contribution in [3.05, 3.63) is 119 Å². The topological polar surface area (TPSA) is 173 Å². The van der Waals surface area contributed by atoms with E-state index in [4.69, 9.17) is 16.3 Å². The van der Waals surface area contributed by atoms with E-state index in [1.807, 2.05) is 0 Å². The van der Waals surface area contributed by atoms with E-state index >= 15 is 0 Å². The first-order valence-electron chi connectivity index (χ1n) is 9.27. The van der Waals surface area contributed by atoms with E-state index in [1.54, 1.807) is 18.2 Å². The molecule has 0 saturated heterocycles. The average Bonchev–Trinajstić information content (AvgIpc) is 2.82. The van der Waals surface area contributed by atoms with Crippen molar-refractivity contribution in [3.8, 4) is 0 Å². The van der Waals surface area contributed by atoms with Gasteiger partial charge in [0, 0.05) is 29.3 Å². The van der Waals surface area contributed by atoms with Gasteiger partial charge in [0.1, 0.15) is 5.02 Å². The predicted molar refractivity (Wildman–Crippen MR) is 117 cm³/mol. The first-order valence-corrected chi connectivity index (χ1v) is 9.65. The normalized spacial score (nSPS) is 11.3. The largest absolute Gasteiger partial charge is 0.445 e. The predicted octanol–water partition coefficient (Wildman–Crippen LogP) is 4.85. The maximum atomic E-state index is 13.1. The number of hydrogen-bond donors (Lipinski definition) is 0. The molecule has 0 unspecified atom stereocenters. The summed E-state index contributed by atoms with van der Waals surface area (Å²) in [6.45, 7) is 0. The van der Waals surface area contributed by atoms with Gasteiger partial charge < -0.3 is 4.74 Å². The fraction of sp³-hybridized carbons (Fsp3) is 0.0476. The maximum Gasteiger partial charge on any atom is 0.341 e. The van der Waals surface area contributed by atoms with Crippen LogP contribution in [0.3, 0.4) is 0 Å². The summed E-state index contributed by atoms with van der Waals surface area (Å²) in [6.07, 6.45) is -1.63. The number of hydrogen-bond acceptors (Lipinski definition) is 9. The molecule has 3 rings (SSSR count). The smallest absolute Gasteiger partial charge is 0.341 e. The highest BCUT2D eigenvalue weighted by Crippen LogP contribution is 2.35. The Morgan fingerprint density at radius 2 is 1.38 bits per heavy atom. The highest BCUT2D eigenvalue weighted by Gasteiger charge is 2.32. The Labute approximate surface area is 194 Å². The number of Topliss-reactive ketones (excluding diaryl/α,β-unsaturated/α-hetero) is 1. The number of esters is 1. The molecular weight excluding hydrogens is 474 g/mol. The lowest BCUT2D eigenvalue weighted by molar-refractivity contribution is -0.394. The Kier molecular flexibility index (Phi) is 6.92. The molecular formula is C21H12ClN3O9. The van der Waals surface area contributed by atoms with Crippen molar-refractivity contribution in [3.63, 3.8) is 0 Å². The molecule has 0 fully saturated rings. The van der Waals surface area contributed by atoms with Crippen LogP contribution in [0.1, 0.15) is 32.4 Å². The summed E-state index contributed by atoms with van der Waals surface area (Å²) in [7, 11) is 0. The first-order chi connectivity index (χ1) is 16.1. The van der Waals surface area contributed by atoms with Crippen molar-refractivity contribution >= 4 is 40.4 Å². The third kappa shape index (κ3) is 5.02. The van der Waals surface area contributed by atoms with Crippen molar-refractivity contribution in [2.75, 3.05) is 0 Å². The fourth-order valence-corrected chi connectivity index (χ4v) is 3.20. The number of non-ortho nitro benzene ring substituents is 2. The number of ketones is 1. The summed E-state index contributed by atoms with van der Waals surface area (Å²) in [4.78, 5) is 56.7.